The van der Waals surface area contributed by atoms with E-state index in [2.05, 4.69) is 13.8 Å². The fourth-order valence-corrected chi connectivity index (χ4v) is 2.26. The summed E-state index contributed by atoms with van der Waals surface area (Å²) in [4.78, 5) is 11.6. The molecule has 72 valence electrons. The van der Waals surface area contributed by atoms with Crippen LogP contribution in [0.4, 0.5) is 0 Å². The highest BCUT2D eigenvalue weighted by Gasteiger charge is 2.41. The topological polar surface area (TPSA) is 26.3 Å². The van der Waals surface area contributed by atoms with E-state index >= 15 is 0 Å². The lowest BCUT2D eigenvalue weighted by atomic mass is 9.82. The van der Waals surface area contributed by atoms with Crippen molar-refractivity contribution in [3.05, 3.63) is 11.3 Å². The molecule has 0 bridgehead atoms. The molecule has 0 amide bonds. The number of ketones is 1. The third-order valence-corrected chi connectivity index (χ3v) is 3.07. The SMILES string of the molecule is CC1CCC2=C(O1)C(=O)CC2(C)C. The van der Waals surface area contributed by atoms with E-state index in [9.17, 15) is 4.79 Å². The van der Waals surface area contributed by atoms with Crippen molar-refractivity contribution < 1.29 is 9.53 Å². The van der Waals surface area contributed by atoms with E-state index in [0.29, 0.717) is 12.2 Å². The highest BCUT2D eigenvalue weighted by molar-refractivity contribution is 5.98. The first-order valence-electron chi connectivity index (χ1n) is 4.94. The van der Waals surface area contributed by atoms with Crippen LogP contribution >= 0.6 is 0 Å². The van der Waals surface area contributed by atoms with Gasteiger partial charge in [-0.05, 0) is 30.8 Å². The van der Waals surface area contributed by atoms with Crippen LogP contribution in [0.3, 0.4) is 0 Å². The standard InChI is InChI=1S/C11H16O2/c1-7-4-5-8-10(13-7)9(12)6-11(8,2)3/h7H,4-6H2,1-3H3. The van der Waals surface area contributed by atoms with Gasteiger partial charge in [-0.3, -0.25) is 4.79 Å². The molecule has 2 nitrogen and oxygen atoms in total. The Labute approximate surface area is 79.0 Å². The minimum atomic E-state index is 0.0482. The van der Waals surface area contributed by atoms with Crippen molar-refractivity contribution in [3.8, 4) is 0 Å². The van der Waals surface area contributed by atoms with Crippen molar-refractivity contribution in [2.24, 2.45) is 5.41 Å². The van der Waals surface area contributed by atoms with Gasteiger partial charge in [0, 0.05) is 6.42 Å². The largest absolute Gasteiger partial charge is 0.487 e. The highest BCUT2D eigenvalue weighted by Crippen LogP contribution is 2.45. The number of hydrogen-bond acceptors (Lipinski definition) is 2. The minimum Gasteiger partial charge on any atom is -0.487 e. The Bertz CT molecular complexity index is 286. The molecule has 0 saturated carbocycles. The molecule has 2 rings (SSSR count). The zero-order valence-electron chi connectivity index (χ0n) is 8.52. The first-order valence-corrected chi connectivity index (χ1v) is 4.94. The molecule has 0 fully saturated rings. The van der Waals surface area contributed by atoms with Gasteiger partial charge in [-0.25, -0.2) is 0 Å². The molecule has 1 aliphatic carbocycles. The monoisotopic (exact) mass is 180 g/mol. The predicted molar refractivity (Wildman–Crippen MR) is 50.2 cm³/mol. The summed E-state index contributed by atoms with van der Waals surface area (Å²) in [6, 6.07) is 0. The number of carbonyl (C=O) groups is 1. The molecule has 1 aliphatic heterocycles. The van der Waals surface area contributed by atoms with Crippen LogP contribution in [0.1, 0.15) is 40.0 Å². The summed E-state index contributed by atoms with van der Waals surface area (Å²) in [5, 5.41) is 0. The molecule has 0 aromatic heterocycles. The number of ether oxygens (including phenoxy) is 1. The third kappa shape index (κ3) is 1.28. The van der Waals surface area contributed by atoms with Crippen molar-refractivity contribution in [3.63, 3.8) is 0 Å². The number of rotatable bonds is 0. The van der Waals surface area contributed by atoms with Crippen molar-refractivity contribution in [2.75, 3.05) is 0 Å². The molecule has 2 aliphatic rings. The van der Waals surface area contributed by atoms with Gasteiger partial charge >= 0.3 is 0 Å². The summed E-state index contributed by atoms with van der Waals surface area (Å²) in [6.07, 6.45) is 2.94. The average molecular weight is 180 g/mol. The van der Waals surface area contributed by atoms with E-state index in [1.807, 2.05) is 6.92 Å². The van der Waals surface area contributed by atoms with Gasteiger partial charge in [0.2, 0.25) is 0 Å². The van der Waals surface area contributed by atoms with Gasteiger partial charge in [0.25, 0.3) is 0 Å². The van der Waals surface area contributed by atoms with E-state index in [0.717, 1.165) is 12.8 Å². The molecule has 0 saturated heterocycles. The van der Waals surface area contributed by atoms with E-state index in [4.69, 9.17) is 4.74 Å². The predicted octanol–water partition coefficient (Wildman–Crippen LogP) is 2.44. The first kappa shape index (κ1) is 8.79. The van der Waals surface area contributed by atoms with Gasteiger partial charge < -0.3 is 4.74 Å². The van der Waals surface area contributed by atoms with Crippen molar-refractivity contribution in [2.45, 2.75) is 46.1 Å². The quantitative estimate of drug-likeness (QED) is 0.572. The molecule has 2 heteroatoms. The van der Waals surface area contributed by atoms with Crippen LogP contribution in [0.15, 0.2) is 11.3 Å². The summed E-state index contributed by atoms with van der Waals surface area (Å²) in [6.45, 7) is 6.29. The van der Waals surface area contributed by atoms with E-state index < -0.39 is 0 Å². The second-order valence-electron chi connectivity index (χ2n) is 4.76. The maximum Gasteiger partial charge on any atom is 0.198 e. The van der Waals surface area contributed by atoms with Gasteiger partial charge in [-0.2, -0.15) is 0 Å². The van der Waals surface area contributed by atoms with Gasteiger partial charge in [-0.15, -0.1) is 0 Å². The smallest absolute Gasteiger partial charge is 0.198 e. The van der Waals surface area contributed by atoms with Crippen molar-refractivity contribution in [1.29, 1.82) is 0 Å². The molecule has 1 atom stereocenters. The van der Waals surface area contributed by atoms with Crippen molar-refractivity contribution >= 4 is 5.78 Å². The van der Waals surface area contributed by atoms with E-state index in [1.54, 1.807) is 0 Å². The summed E-state index contributed by atoms with van der Waals surface area (Å²) in [7, 11) is 0. The molecular formula is C11H16O2. The fraction of sp³-hybridized carbons (Fsp3) is 0.727. The number of hydrogen-bond donors (Lipinski definition) is 0. The Hall–Kier alpha value is -0.790. The Morgan fingerprint density at radius 3 is 2.85 bits per heavy atom. The number of Topliss-reactive ketones (excluding diaryl/α,β-unsaturated/α-hetero) is 1. The summed E-state index contributed by atoms with van der Waals surface area (Å²) >= 11 is 0. The lowest BCUT2D eigenvalue weighted by Crippen LogP contribution is -2.18. The molecule has 1 heterocycles. The Morgan fingerprint density at radius 2 is 2.15 bits per heavy atom. The Morgan fingerprint density at radius 1 is 1.46 bits per heavy atom. The molecule has 0 N–H and O–H groups in total. The normalized spacial score (nSPS) is 31.6. The molecule has 13 heavy (non-hydrogen) atoms. The average Bonchev–Trinajstić information content (AvgIpc) is 2.22. The van der Waals surface area contributed by atoms with E-state index in [1.165, 1.54) is 5.57 Å². The highest BCUT2D eigenvalue weighted by atomic mass is 16.5. The molecule has 0 aromatic carbocycles. The molecule has 1 unspecified atom stereocenters. The molecule has 0 aromatic rings. The zero-order chi connectivity index (χ0) is 9.64. The maximum atomic E-state index is 11.6. The zero-order valence-corrected chi connectivity index (χ0v) is 8.52. The molecular weight excluding hydrogens is 164 g/mol. The second-order valence-corrected chi connectivity index (χ2v) is 4.76. The summed E-state index contributed by atoms with van der Waals surface area (Å²) in [5.41, 5.74) is 1.29. The van der Waals surface area contributed by atoms with Crippen LogP contribution in [0.5, 0.6) is 0 Å². The lowest BCUT2D eigenvalue weighted by Gasteiger charge is -2.27. The van der Waals surface area contributed by atoms with Crippen LogP contribution in [-0.2, 0) is 9.53 Å². The third-order valence-electron chi connectivity index (χ3n) is 3.07. The Balaban J connectivity index is 2.37. The van der Waals surface area contributed by atoms with Gasteiger partial charge in [0.05, 0.1) is 6.10 Å². The van der Waals surface area contributed by atoms with E-state index in [-0.39, 0.29) is 17.3 Å². The van der Waals surface area contributed by atoms with Gasteiger partial charge in [-0.1, -0.05) is 13.8 Å². The molecule has 0 radical (unpaired) electrons. The Kier molecular flexibility index (Phi) is 1.76. The fourth-order valence-electron chi connectivity index (χ4n) is 2.26. The van der Waals surface area contributed by atoms with Gasteiger partial charge in [0.1, 0.15) is 0 Å². The number of allylic oxidation sites excluding steroid dienone is 2. The summed E-state index contributed by atoms with van der Waals surface area (Å²) in [5.74, 6) is 0.885. The summed E-state index contributed by atoms with van der Waals surface area (Å²) < 4.78 is 5.59. The maximum absolute atomic E-state index is 11.6. The van der Waals surface area contributed by atoms with Crippen LogP contribution in [-0.4, -0.2) is 11.9 Å². The van der Waals surface area contributed by atoms with Crippen LogP contribution in [0.25, 0.3) is 0 Å². The van der Waals surface area contributed by atoms with Crippen LogP contribution < -0.4 is 0 Å². The van der Waals surface area contributed by atoms with Gasteiger partial charge in [0.15, 0.2) is 11.5 Å². The molecule has 0 spiro atoms. The number of carbonyl (C=O) groups excluding carboxylic acids is 1. The van der Waals surface area contributed by atoms with Crippen LogP contribution in [0, 0.1) is 5.41 Å². The first-order chi connectivity index (χ1) is 6.00. The second kappa shape index (κ2) is 2.60. The minimum absolute atomic E-state index is 0.0482. The van der Waals surface area contributed by atoms with Crippen LogP contribution in [0.2, 0.25) is 0 Å². The van der Waals surface area contributed by atoms with Crippen molar-refractivity contribution in [1.82, 2.24) is 0 Å². The lowest BCUT2D eigenvalue weighted by molar-refractivity contribution is -0.119.